The van der Waals surface area contributed by atoms with Crippen molar-refractivity contribution in [2.75, 3.05) is 24.6 Å². The molecule has 1 saturated heterocycles. The van der Waals surface area contributed by atoms with E-state index in [9.17, 15) is 14.7 Å². The van der Waals surface area contributed by atoms with Gasteiger partial charge in [-0.1, -0.05) is 18.2 Å². The summed E-state index contributed by atoms with van der Waals surface area (Å²) in [4.78, 5) is 32.2. The maximum absolute atomic E-state index is 13.0. The first-order valence-electron chi connectivity index (χ1n) is 10.7. The minimum atomic E-state index is -0.859. The number of fused-ring (bicyclic) bond motifs is 1. The van der Waals surface area contributed by atoms with E-state index in [0.717, 1.165) is 42.5 Å². The molecule has 0 radical (unpaired) electrons. The molecule has 1 fully saturated rings. The highest BCUT2D eigenvalue weighted by molar-refractivity contribution is 5.74. The quantitative estimate of drug-likeness (QED) is 0.635. The second kappa shape index (κ2) is 8.58. The fourth-order valence-corrected chi connectivity index (χ4v) is 4.11. The predicted molar refractivity (Wildman–Crippen MR) is 119 cm³/mol. The van der Waals surface area contributed by atoms with Crippen LogP contribution in [0.25, 0.3) is 11.2 Å². The Morgan fingerprint density at radius 2 is 1.81 bits per heavy atom. The Kier molecular flexibility index (Phi) is 5.86. The van der Waals surface area contributed by atoms with Gasteiger partial charge in [0, 0.05) is 27.2 Å². The van der Waals surface area contributed by atoms with Crippen molar-refractivity contribution in [3.63, 3.8) is 0 Å². The van der Waals surface area contributed by atoms with Crippen LogP contribution in [0.4, 0.5) is 5.95 Å². The van der Waals surface area contributed by atoms with Crippen molar-refractivity contribution in [3.8, 4) is 5.75 Å². The van der Waals surface area contributed by atoms with Crippen LogP contribution in [0.1, 0.15) is 24.8 Å². The zero-order chi connectivity index (χ0) is 22.1. The molecule has 3 aromatic rings. The molecule has 9 nitrogen and oxygen atoms in total. The molecule has 1 aliphatic heterocycles. The molecule has 1 atom stereocenters. The van der Waals surface area contributed by atoms with Gasteiger partial charge in [0.1, 0.15) is 18.5 Å². The summed E-state index contributed by atoms with van der Waals surface area (Å²) >= 11 is 0. The molecule has 0 spiro atoms. The van der Waals surface area contributed by atoms with Gasteiger partial charge in [0.15, 0.2) is 11.2 Å². The third kappa shape index (κ3) is 3.97. The Morgan fingerprint density at radius 1 is 1.10 bits per heavy atom. The van der Waals surface area contributed by atoms with Gasteiger partial charge in [-0.05, 0) is 37.8 Å². The molecule has 0 saturated carbocycles. The highest BCUT2D eigenvalue weighted by Gasteiger charge is 2.25. The van der Waals surface area contributed by atoms with Gasteiger partial charge < -0.3 is 19.3 Å². The summed E-state index contributed by atoms with van der Waals surface area (Å²) in [5, 5.41) is 10.8. The number of rotatable bonds is 6. The molecule has 0 amide bonds. The van der Waals surface area contributed by atoms with Gasteiger partial charge in [0.25, 0.3) is 5.56 Å². The van der Waals surface area contributed by atoms with Gasteiger partial charge in [-0.2, -0.15) is 4.98 Å². The number of benzene rings is 1. The fraction of sp³-hybridized carbons (Fsp3) is 0.500. The molecular weight excluding hydrogens is 398 g/mol. The van der Waals surface area contributed by atoms with Gasteiger partial charge in [-0.25, -0.2) is 4.79 Å². The fourth-order valence-electron chi connectivity index (χ4n) is 4.11. The molecule has 2 aromatic heterocycles. The zero-order valence-corrected chi connectivity index (χ0v) is 18.2. The number of piperidine rings is 1. The Morgan fingerprint density at radius 3 is 2.52 bits per heavy atom. The average molecular weight is 428 g/mol. The first-order chi connectivity index (χ1) is 14.9. The lowest BCUT2D eigenvalue weighted by atomic mass is 10.1. The van der Waals surface area contributed by atoms with Crippen LogP contribution in [-0.4, -0.2) is 49.6 Å². The van der Waals surface area contributed by atoms with Gasteiger partial charge in [0.05, 0.1) is 6.54 Å². The van der Waals surface area contributed by atoms with Crippen molar-refractivity contribution in [3.05, 3.63) is 50.7 Å². The summed E-state index contributed by atoms with van der Waals surface area (Å²) in [7, 11) is 3.07. The lowest BCUT2D eigenvalue weighted by Crippen LogP contribution is -2.38. The van der Waals surface area contributed by atoms with Crippen LogP contribution in [0, 0.1) is 6.92 Å². The van der Waals surface area contributed by atoms with E-state index in [0.29, 0.717) is 22.9 Å². The number of hydrogen-bond acceptors (Lipinski definition) is 6. The minimum absolute atomic E-state index is 0.0794. The second-order valence-electron chi connectivity index (χ2n) is 8.18. The van der Waals surface area contributed by atoms with Crippen LogP contribution in [-0.2, 0) is 20.6 Å². The third-order valence-electron chi connectivity index (χ3n) is 5.88. The van der Waals surface area contributed by atoms with Crippen LogP contribution in [0.3, 0.4) is 0 Å². The number of nitrogens with zero attached hydrogens (tertiary/aromatic N) is 5. The van der Waals surface area contributed by atoms with E-state index < -0.39 is 17.4 Å². The van der Waals surface area contributed by atoms with E-state index in [2.05, 4.69) is 9.88 Å². The molecule has 1 aliphatic rings. The number of para-hydroxylation sites is 1. The zero-order valence-electron chi connectivity index (χ0n) is 18.2. The number of anilines is 1. The van der Waals surface area contributed by atoms with E-state index in [-0.39, 0.29) is 13.2 Å². The maximum atomic E-state index is 13.0. The molecule has 166 valence electrons. The lowest BCUT2D eigenvalue weighted by Gasteiger charge is -2.28. The number of ether oxygens (including phenoxy) is 1. The topological polar surface area (TPSA) is 94.5 Å². The van der Waals surface area contributed by atoms with Crippen LogP contribution >= 0.6 is 0 Å². The maximum Gasteiger partial charge on any atom is 0.332 e. The van der Waals surface area contributed by atoms with Crippen molar-refractivity contribution in [2.45, 2.75) is 38.8 Å². The Labute approximate surface area is 180 Å². The molecular formula is C22H29N5O4. The average Bonchev–Trinajstić information content (AvgIpc) is 3.15. The van der Waals surface area contributed by atoms with Crippen LogP contribution < -0.4 is 20.9 Å². The predicted octanol–water partition coefficient (Wildman–Crippen LogP) is 1.17. The number of aromatic nitrogens is 4. The summed E-state index contributed by atoms with van der Waals surface area (Å²) in [5.74, 6) is 1.33. The minimum Gasteiger partial charge on any atom is -0.491 e. The molecule has 0 unspecified atom stereocenters. The lowest BCUT2D eigenvalue weighted by molar-refractivity contribution is 0.0932. The first kappa shape index (κ1) is 21.2. The highest BCUT2D eigenvalue weighted by atomic mass is 16.5. The van der Waals surface area contributed by atoms with Crippen LogP contribution in [0.2, 0.25) is 0 Å². The van der Waals surface area contributed by atoms with Crippen molar-refractivity contribution < 1.29 is 9.84 Å². The summed E-state index contributed by atoms with van der Waals surface area (Å²) in [5.41, 5.74) is 0.804. The highest BCUT2D eigenvalue weighted by Crippen LogP contribution is 2.24. The molecule has 0 bridgehead atoms. The number of hydrogen-bond donors (Lipinski definition) is 1. The van der Waals surface area contributed by atoms with Crippen LogP contribution in [0.15, 0.2) is 33.9 Å². The van der Waals surface area contributed by atoms with Crippen molar-refractivity contribution in [1.29, 1.82) is 0 Å². The van der Waals surface area contributed by atoms with E-state index in [4.69, 9.17) is 4.74 Å². The molecule has 4 rings (SSSR count). The van der Waals surface area contributed by atoms with Crippen molar-refractivity contribution in [2.24, 2.45) is 14.1 Å². The number of aliphatic hydroxyl groups is 1. The largest absolute Gasteiger partial charge is 0.491 e. The monoisotopic (exact) mass is 427 g/mol. The smallest absolute Gasteiger partial charge is 0.332 e. The third-order valence-corrected chi connectivity index (χ3v) is 5.88. The number of aryl methyl sites for hydroxylation is 2. The van der Waals surface area contributed by atoms with Gasteiger partial charge >= 0.3 is 5.69 Å². The number of imidazole rings is 1. The molecule has 0 aliphatic carbocycles. The first-order valence-corrected chi connectivity index (χ1v) is 10.7. The Balaban J connectivity index is 1.71. The SMILES string of the molecule is Cc1ccccc1OC[C@H](O)Cn1c(N2CCCCC2)nc2c1c(=O)n(C)c(=O)n2C. The molecule has 31 heavy (non-hydrogen) atoms. The van der Waals surface area contributed by atoms with Gasteiger partial charge in [-0.3, -0.25) is 13.9 Å². The summed E-state index contributed by atoms with van der Waals surface area (Å²) < 4.78 is 10.0. The van der Waals surface area contributed by atoms with Crippen molar-refractivity contribution >= 4 is 17.1 Å². The van der Waals surface area contributed by atoms with Gasteiger partial charge in [0.2, 0.25) is 5.95 Å². The van der Waals surface area contributed by atoms with Gasteiger partial charge in [-0.15, -0.1) is 0 Å². The second-order valence-corrected chi connectivity index (χ2v) is 8.18. The summed E-state index contributed by atoms with van der Waals surface area (Å²) in [6.07, 6.45) is 2.38. The molecule has 9 heteroatoms. The van der Waals surface area contributed by atoms with E-state index >= 15 is 0 Å². The molecule has 3 heterocycles. The summed E-state index contributed by atoms with van der Waals surface area (Å²) in [6.45, 7) is 3.82. The normalized spacial score (nSPS) is 15.4. The van der Waals surface area contributed by atoms with E-state index in [1.165, 1.54) is 11.6 Å². The summed E-state index contributed by atoms with van der Waals surface area (Å²) in [6, 6.07) is 7.63. The standard InChI is InChI=1S/C22H29N5O4/c1-15-9-5-6-10-17(15)31-14-16(28)13-27-18-19(24(2)22(30)25(3)20(18)29)23-21(27)26-11-7-4-8-12-26/h5-6,9-10,16,28H,4,7-8,11-14H2,1-3H3/t16-/m1/s1. The van der Waals surface area contributed by atoms with E-state index in [1.54, 1.807) is 11.6 Å². The van der Waals surface area contributed by atoms with Crippen molar-refractivity contribution in [1.82, 2.24) is 18.7 Å². The van der Waals surface area contributed by atoms with Crippen LogP contribution in [0.5, 0.6) is 5.75 Å². The molecule has 1 aromatic carbocycles. The molecule has 1 N–H and O–H groups in total. The Bertz CT molecular complexity index is 1200. The number of aliphatic hydroxyl groups excluding tert-OH is 1. The Hall–Kier alpha value is -3.07. The van der Waals surface area contributed by atoms with E-state index in [1.807, 2.05) is 31.2 Å².